The molecule has 4 aliphatic heterocycles. The summed E-state index contributed by atoms with van der Waals surface area (Å²) in [6.07, 6.45) is 0. The van der Waals surface area contributed by atoms with Crippen LogP contribution < -0.4 is 0 Å². The van der Waals surface area contributed by atoms with Crippen LogP contribution in [0.4, 0.5) is 0 Å². The third-order valence-corrected chi connectivity index (χ3v) is 14.4. The minimum atomic E-state index is 1.04. The van der Waals surface area contributed by atoms with Crippen molar-refractivity contribution in [3.05, 3.63) is 0 Å². The lowest BCUT2D eigenvalue weighted by molar-refractivity contribution is 0.497. The summed E-state index contributed by atoms with van der Waals surface area (Å²) in [6.45, 7) is 4.00. The van der Waals surface area contributed by atoms with Gasteiger partial charge in [-0.05, 0) is 23.7 Å². The highest BCUT2D eigenvalue weighted by molar-refractivity contribution is 8.78. The minimum Gasteiger partial charge on any atom is -0.0938 e. The molecule has 0 aromatic heterocycles. The monoisotopic (exact) mass is 450 g/mol. The van der Waals surface area contributed by atoms with Crippen LogP contribution in [-0.2, 0) is 0 Å². The van der Waals surface area contributed by atoms with Crippen LogP contribution in [0.3, 0.4) is 0 Å². The summed E-state index contributed by atoms with van der Waals surface area (Å²) in [5.41, 5.74) is 0. The van der Waals surface area contributed by atoms with Crippen LogP contribution in [-0.4, -0.2) is 46.0 Å². The van der Waals surface area contributed by atoms with Crippen molar-refractivity contribution in [3.8, 4) is 0 Å². The van der Waals surface area contributed by atoms with Crippen LogP contribution in [0.1, 0.15) is 13.8 Å². The van der Waals surface area contributed by atoms with Crippen LogP contribution >= 0.6 is 86.4 Å². The van der Waals surface area contributed by atoms with E-state index in [0.717, 1.165) is 23.7 Å². The standard InChI is InChI=1S/2C6H10S4.C2H6/c2*1-5(2-8-7-1)6-3-9-10-4-6;1-2/h2*5-6H,1-4H2;1-2H3. The Hall–Kier alpha value is 2.80. The van der Waals surface area contributed by atoms with Crippen molar-refractivity contribution in [3.63, 3.8) is 0 Å². The predicted molar refractivity (Wildman–Crippen MR) is 125 cm³/mol. The third kappa shape index (κ3) is 7.20. The third-order valence-electron chi connectivity index (χ3n) is 3.92. The normalized spacial score (nSPS) is 27.5. The van der Waals surface area contributed by atoms with Gasteiger partial charge in [-0.15, -0.1) is 0 Å². The second kappa shape index (κ2) is 13.0. The van der Waals surface area contributed by atoms with Gasteiger partial charge in [0.1, 0.15) is 0 Å². The number of hydrogen-bond acceptors (Lipinski definition) is 8. The zero-order valence-electron chi connectivity index (χ0n) is 13.2. The van der Waals surface area contributed by atoms with Crippen molar-refractivity contribution in [2.45, 2.75) is 13.8 Å². The molecule has 22 heavy (non-hydrogen) atoms. The Bertz CT molecular complexity index is 210. The average molecular weight is 451 g/mol. The van der Waals surface area contributed by atoms with Gasteiger partial charge < -0.3 is 0 Å². The largest absolute Gasteiger partial charge is 0.0938 e. The zero-order chi connectivity index (χ0) is 15.6. The summed E-state index contributed by atoms with van der Waals surface area (Å²) < 4.78 is 0. The molecule has 0 nitrogen and oxygen atoms in total. The van der Waals surface area contributed by atoms with E-state index in [4.69, 9.17) is 0 Å². The molecule has 0 amide bonds. The van der Waals surface area contributed by atoms with E-state index >= 15 is 0 Å². The molecular formula is C14H26S8. The molecule has 0 unspecified atom stereocenters. The van der Waals surface area contributed by atoms with Crippen LogP contribution in [0.2, 0.25) is 0 Å². The molecule has 0 aromatic rings. The highest BCUT2D eigenvalue weighted by Crippen LogP contribution is 2.46. The topological polar surface area (TPSA) is 0 Å². The summed E-state index contributed by atoms with van der Waals surface area (Å²) in [4.78, 5) is 0. The van der Waals surface area contributed by atoms with E-state index in [0.29, 0.717) is 0 Å². The maximum Gasteiger partial charge on any atom is 0.00767 e. The minimum absolute atomic E-state index is 1.04. The highest BCUT2D eigenvalue weighted by Gasteiger charge is 2.29. The second-order valence-corrected chi connectivity index (χ2v) is 15.5. The van der Waals surface area contributed by atoms with E-state index < -0.39 is 0 Å². The average Bonchev–Trinajstić information content (AvgIpc) is 3.40. The molecule has 0 N–H and O–H groups in total. The van der Waals surface area contributed by atoms with Gasteiger partial charge in [0, 0.05) is 46.0 Å². The van der Waals surface area contributed by atoms with Crippen LogP contribution in [0, 0.1) is 23.7 Å². The zero-order valence-corrected chi connectivity index (χ0v) is 19.8. The molecule has 0 aromatic carbocycles. The molecule has 4 heterocycles. The van der Waals surface area contributed by atoms with E-state index in [2.05, 4.69) is 86.4 Å². The second-order valence-electron chi connectivity index (χ2n) is 5.32. The van der Waals surface area contributed by atoms with Crippen molar-refractivity contribution in [2.24, 2.45) is 23.7 Å². The van der Waals surface area contributed by atoms with E-state index in [-0.39, 0.29) is 0 Å². The summed E-state index contributed by atoms with van der Waals surface area (Å²) in [6, 6.07) is 0. The van der Waals surface area contributed by atoms with Gasteiger partial charge in [0.05, 0.1) is 0 Å². The van der Waals surface area contributed by atoms with Gasteiger partial charge in [0.15, 0.2) is 0 Å². The first-order valence-corrected chi connectivity index (χ1v) is 17.9. The summed E-state index contributed by atoms with van der Waals surface area (Å²) in [7, 11) is 16.5. The SMILES string of the molecule is C1SSCC1C1CSSC1.C1SSCC1C1CSSC1.CC. The Kier molecular flexibility index (Phi) is 12.5. The first kappa shape index (κ1) is 21.1. The number of rotatable bonds is 2. The van der Waals surface area contributed by atoms with E-state index in [1.165, 1.54) is 46.0 Å². The van der Waals surface area contributed by atoms with E-state index in [1.807, 2.05) is 13.8 Å². The fourth-order valence-corrected chi connectivity index (χ4v) is 14.8. The molecular weight excluding hydrogens is 425 g/mol. The van der Waals surface area contributed by atoms with Gasteiger partial charge in [-0.25, -0.2) is 0 Å². The van der Waals surface area contributed by atoms with Gasteiger partial charge in [0.2, 0.25) is 0 Å². The molecule has 0 bridgehead atoms. The van der Waals surface area contributed by atoms with Gasteiger partial charge in [-0.2, -0.15) is 0 Å². The molecule has 4 saturated heterocycles. The molecule has 0 saturated carbocycles. The van der Waals surface area contributed by atoms with Gasteiger partial charge in [-0.1, -0.05) is 100 Å². The molecule has 8 heteroatoms. The van der Waals surface area contributed by atoms with Gasteiger partial charge >= 0.3 is 0 Å². The number of hydrogen-bond donors (Lipinski definition) is 0. The molecule has 0 spiro atoms. The first-order chi connectivity index (χ1) is 10.9. The Labute approximate surface area is 168 Å². The van der Waals surface area contributed by atoms with Crippen LogP contribution in [0.15, 0.2) is 0 Å². The maximum atomic E-state index is 2.07. The summed E-state index contributed by atoms with van der Waals surface area (Å²) in [5.74, 6) is 15.5. The van der Waals surface area contributed by atoms with Crippen molar-refractivity contribution >= 4 is 86.4 Å². The fraction of sp³-hybridized carbons (Fsp3) is 1.00. The van der Waals surface area contributed by atoms with E-state index in [9.17, 15) is 0 Å². The van der Waals surface area contributed by atoms with Crippen LogP contribution in [0.5, 0.6) is 0 Å². The molecule has 4 aliphatic rings. The summed E-state index contributed by atoms with van der Waals surface area (Å²) >= 11 is 0. The molecule has 0 aliphatic carbocycles. The quantitative estimate of drug-likeness (QED) is 0.405. The lowest BCUT2D eigenvalue weighted by Gasteiger charge is -2.12. The van der Waals surface area contributed by atoms with Crippen LogP contribution in [0.25, 0.3) is 0 Å². The van der Waals surface area contributed by atoms with E-state index in [1.54, 1.807) is 0 Å². The Balaban J connectivity index is 0.000000144. The molecule has 130 valence electrons. The lowest BCUT2D eigenvalue weighted by atomic mass is 10.00. The molecule has 0 radical (unpaired) electrons. The highest BCUT2D eigenvalue weighted by atomic mass is 33.1. The Morgan fingerprint density at radius 1 is 0.364 bits per heavy atom. The predicted octanol–water partition coefficient (Wildman–Crippen LogP) is 7.04. The van der Waals surface area contributed by atoms with Gasteiger partial charge in [0.25, 0.3) is 0 Å². The molecule has 0 atom stereocenters. The Morgan fingerprint density at radius 2 is 0.500 bits per heavy atom. The van der Waals surface area contributed by atoms with Crippen molar-refractivity contribution < 1.29 is 0 Å². The fourth-order valence-electron chi connectivity index (χ4n) is 2.37. The first-order valence-electron chi connectivity index (χ1n) is 7.91. The smallest absolute Gasteiger partial charge is 0.00767 e. The molecule has 4 fully saturated rings. The van der Waals surface area contributed by atoms with Crippen molar-refractivity contribution in [1.29, 1.82) is 0 Å². The summed E-state index contributed by atoms with van der Waals surface area (Å²) in [5, 5.41) is 0. The van der Waals surface area contributed by atoms with Gasteiger partial charge in [-0.3, -0.25) is 0 Å². The van der Waals surface area contributed by atoms with Crippen molar-refractivity contribution in [2.75, 3.05) is 46.0 Å². The lowest BCUT2D eigenvalue weighted by Crippen LogP contribution is -2.17. The molecule has 4 rings (SSSR count). The van der Waals surface area contributed by atoms with Crippen molar-refractivity contribution in [1.82, 2.24) is 0 Å². The Morgan fingerprint density at radius 3 is 0.636 bits per heavy atom. The maximum absolute atomic E-state index is 2.07.